The molecule has 7 heteroatoms. The van der Waals surface area contributed by atoms with Gasteiger partial charge in [-0.3, -0.25) is 0 Å². The molecule has 4 nitrogen and oxygen atoms in total. The minimum Gasteiger partial charge on any atom is -0.310 e. The van der Waals surface area contributed by atoms with Gasteiger partial charge in [0, 0.05) is 11.8 Å². The van der Waals surface area contributed by atoms with Crippen molar-refractivity contribution in [2.45, 2.75) is 27.8 Å². The Hall–Kier alpha value is -0.0800. The van der Waals surface area contributed by atoms with Crippen LogP contribution in [0.1, 0.15) is 24.9 Å². The molecule has 0 aromatic carbocycles. The number of sulfonamides is 1. The van der Waals surface area contributed by atoms with Crippen molar-refractivity contribution in [2.75, 3.05) is 12.3 Å². The number of hydrogen-bond acceptors (Lipinski definition) is 5. The summed E-state index contributed by atoms with van der Waals surface area (Å²) in [5.41, 5.74) is 1.09. The summed E-state index contributed by atoms with van der Waals surface area (Å²) < 4.78 is 23.9. The summed E-state index contributed by atoms with van der Waals surface area (Å²) in [7, 11) is -3.56. The van der Waals surface area contributed by atoms with E-state index in [2.05, 4.69) is 5.32 Å². The topological polar surface area (TPSA) is 72.2 Å². The molecule has 1 atom stereocenters. The molecule has 16 heavy (non-hydrogen) atoms. The first-order valence-corrected chi connectivity index (χ1v) is 8.40. The first-order valence-electron chi connectivity index (χ1n) is 5.05. The van der Waals surface area contributed by atoms with Crippen molar-refractivity contribution in [1.82, 2.24) is 5.32 Å². The summed E-state index contributed by atoms with van der Waals surface area (Å²) in [6.07, 6.45) is 1.03. The zero-order valence-electron chi connectivity index (χ0n) is 8.89. The Kier molecular flexibility index (Phi) is 3.60. The van der Waals surface area contributed by atoms with E-state index in [9.17, 15) is 8.42 Å². The monoisotopic (exact) mass is 278 g/mol. The third-order valence-corrected chi connectivity index (χ3v) is 6.36. The number of nitrogens with two attached hydrogens (primary N) is 1. The van der Waals surface area contributed by atoms with E-state index < -0.39 is 10.0 Å². The smallest absolute Gasteiger partial charge is 0.247 e. The SMILES string of the molecule is CCN[C@H]1CCSc2sc(S(N)(=O)=O)cc21. The fourth-order valence-corrected chi connectivity index (χ4v) is 5.26. The zero-order valence-corrected chi connectivity index (χ0v) is 11.3. The number of hydrogen-bond donors (Lipinski definition) is 2. The van der Waals surface area contributed by atoms with Gasteiger partial charge >= 0.3 is 0 Å². The molecule has 2 heterocycles. The van der Waals surface area contributed by atoms with E-state index in [1.165, 1.54) is 11.3 Å². The van der Waals surface area contributed by atoms with Crippen LogP contribution in [-0.4, -0.2) is 20.7 Å². The fourth-order valence-electron chi connectivity index (χ4n) is 1.74. The van der Waals surface area contributed by atoms with Crippen molar-refractivity contribution in [1.29, 1.82) is 0 Å². The summed E-state index contributed by atoms with van der Waals surface area (Å²) in [6.45, 7) is 2.93. The maximum atomic E-state index is 11.3. The highest BCUT2D eigenvalue weighted by Gasteiger charge is 2.25. The molecule has 0 fully saturated rings. The molecule has 0 spiro atoms. The van der Waals surface area contributed by atoms with E-state index in [0.717, 1.165) is 28.5 Å². The Morgan fingerprint density at radius 3 is 3.00 bits per heavy atom. The van der Waals surface area contributed by atoms with Crippen LogP contribution in [0.4, 0.5) is 0 Å². The molecule has 0 saturated carbocycles. The summed E-state index contributed by atoms with van der Waals surface area (Å²) in [5, 5.41) is 8.50. The van der Waals surface area contributed by atoms with Gasteiger partial charge in [0.05, 0.1) is 4.21 Å². The highest BCUT2D eigenvalue weighted by molar-refractivity contribution is 8.01. The Labute approximate surface area is 104 Å². The van der Waals surface area contributed by atoms with E-state index >= 15 is 0 Å². The molecule has 3 N–H and O–H groups in total. The lowest BCUT2D eigenvalue weighted by Crippen LogP contribution is -2.23. The van der Waals surface area contributed by atoms with Crippen molar-refractivity contribution >= 4 is 33.1 Å². The Morgan fingerprint density at radius 2 is 2.38 bits per heavy atom. The number of nitrogens with one attached hydrogen (secondary N) is 1. The van der Waals surface area contributed by atoms with E-state index in [4.69, 9.17) is 5.14 Å². The van der Waals surface area contributed by atoms with Gasteiger partial charge < -0.3 is 5.32 Å². The fraction of sp³-hybridized carbons (Fsp3) is 0.556. The molecule has 1 aliphatic heterocycles. The second-order valence-electron chi connectivity index (χ2n) is 3.60. The third-order valence-electron chi connectivity index (χ3n) is 2.45. The lowest BCUT2D eigenvalue weighted by atomic mass is 10.1. The molecule has 90 valence electrons. The van der Waals surface area contributed by atoms with Crippen LogP contribution in [0.5, 0.6) is 0 Å². The van der Waals surface area contributed by atoms with Crippen molar-refractivity contribution in [3.05, 3.63) is 11.6 Å². The zero-order chi connectivity index (χ0) is 11.8. The largest absolute Gasteiger partial charge is 0.310 e. The predicted molar refractivity (Wildman–Crippen MR) is 67.5 cm³/mol. The van der Waals surface area contributed by atoms with Crippen LogP contribution in [-0.2, 0) is 10.0 Å². The maximum absolute atomic E-state index is 11.3. The number of fused-ring (bicyclic) bond motifs is 1. The summed E-state index contributed by atoms with van der Waals surface area (Å²) in [5.74, 6) is 1.02. The van der Waals surface area contributed by atoms with Crippen molar-refractivity contribution in [3.63, 3.8) is 0 Å². The highest BCUT2D eigenvalue weighted by Crippen LogP contribution is 2.42. The van der Waals surface area contributed by atoms with Gasteiger partial charge in [-0.25, -0.2) is 13.6 Å². The molecule has 0 radical (unpaired) electrons. The Bertz CT molecular complexity index is 481. The third kappa shape index (κ3) is 2.43. The normalized spacial score (nSPS) is 20.8. The molecule has 1 aliphatic rings. The highest BCUT2D eigenvalue weighted by atomic mass is 32.3. The van der Waals surface area contributed by atoms with Gasteiger partial charge in [0.15, 0.2) is 0 Å². The van der Waals surface area contributed by atoms with Crippen molar-refractivity contribution < 1.29 is 8.42 Å². The van der Waals surface area contributed by atoms with Gasteiger partial charge in [-0.15, -0.1) is 23.1 Å². The molecule has 0 unspecified atom stereocenters. The molecule has 1 aromatic rings. The van der Waals surface area contributed by atoms with Crippen LogP contribution in [0.25, 0.3) is 0 Å². The molecule has 2 rings (SSSR count). The van der Waals surface area contributed by atoms with Crippen LogP contribution in [0, 0.1) is 0 Å². The van der Waals surface area contributed by atoms with Crippen molar-refractivity contribution in [3.8, 4) is 0 Å². The van der Waals surface area contributed by atoms with E-state index in [0.29, 0.717) is 0 Å². The molecule has 0 aliphatic carbocycles. The second kappa shape index (κ2) is 4.66. The number of rotatable bonds is 3. The van der Waals surface area contributed by atoms with Crippen LogP contribution in [0.2, 0.25) is 0 Å². The van der Waals surface area contributed by atoms with Crippen LogP contribution >= 0.6 is 23.1 Å². The number of primary sulfonamides is 1. The maximum Gasteiger partial charge on any atom is 0.247 e. The van der Waals surface area contributed by atoms with Crippen LogP contribution < -0.4 is 10.5 Å². The van der Waals surface area contributed by atoms with Gasteiger partial charge in [-0.1, -0.05) is 6.92 Å². The standard InChI is InChI=1S/C9H14N2O2S3/c1-2-11-7-3-4-14-9-6(7)5-8(15-9)16(10,12)13/h5,7,11H,2-4H2,1H3,(H2,10,12,13)/t7-/m0/s1. The number of thioether (sulfide) groups is 1. The second-order valence-corrected chi connectivity index (χ2v) is 7.80. The molecule has 0 amide bonds. The molecular weight excluding hydrogens is 264 g/mol. The van der Waals surface area contributed by atoms with Gasteiger partial charge in [0.1, 0.15) is 4.21 Å². The van der Waals surface area contributed by atoms with Gasteiger partial charge in [0.25, 0.3) is 0 Å². The van der Waals surface area contributed by atoms with E-state index in [1.54, 1.807) is 17.8 Å². The lowest BCUT2D eigenvalue weighted by Gasteiger charge is -2.22. The molecule has 1 aromatic heterocycles. The summed E-state index contributed by atoms with van der Waals surface area (Å²) in [4.78, 5) is 0. The van der Waals surface area contributed by atoms with Gasteiger partial charge in [-0.05, 0) is 24.6 Å². The average Bonchev–Trinajstić information content (AvgIpc) is 2.62. The van der Waals surface area contributed by atoms with Crippen molar-refractivity contribution in [2.24, 2.45) is 5.14 Å². The summed E-state index contributed by atoms with van der Waals surface area (Å²) in [6, 6.07) is 1.99. The average molecular weight is 278 g/mol. The lowest BCUT2D eigenvalue weighted by molar-refractivity contribution is 0.530. The minimum absolute atomic E-state index is 0.271. The quantitative estimate of drug-likeness (QED) is 0.880. The van der Waals surface area contributed by atoms with Crippen LogP contribution in [0.3, 0.4) is 0 Å². The van der Waals surface area contributed by atoms with Gasteiger partial charge in [0.2, 0.25) is 10.0 Å². The molecular formula is C9H14N2O2S3. The predicted octanol–water partition coefficient (Wildman–Crippen LogP) is 1.54. The van der Waals surface area contributed by atoms with Crippen LogP contribution in [0.15, 0.2) is 14.5 Å². The van der Waals surface area contributed by atoms with E-state index in [1.807, 2.05) is 6.92 Å². The Morgan fingerprint density at radius 1 is 1.62 bits per heavy atom. The van der Waals surface area contributed by atoms with E-state index in [-0.39, 0.29) is 10.3 Å². The summed E-state index contributed by atoms with van der Waals surface area (Å²) >= 11 is 3.00. The Balaban J connectivity index is 2.38. The first-order chi connectivity index (χ1) is 7.52. The first kappa shape index (κ1) is 12.4. The minimum atomic E-state index is -3.56. The number of thiophene rings is 1. The molecule has 0 saturated heterocycles. The van der Waals surface area contributed by atoms with Gasteiger partial charge in [-0.2, -0.15) is 0 Å². The molecule has 0 bridgehead atoms.